The molecular formula is C19H28N4O2. The van der Waals surface area contributed by atoms with Gasteiger partial charge in [0.05, 0.1) is 0 Å². The maximum atomic E-state index is 9.21. The predicted molar refractivity (Wildman–Crippen MR) is 96.2 cm³/mol. The van der Waals surface area contributed by atoms with Crippen LogP contribution in [0, 0.1) is 0 Å². The van der Waals surface area contributed by atoms with Crippen molar-refractivity contribution in [2.24, 2.45) is 0 Å². The van der Waals surface area contributed by atoms with Gasteiger partial charge in [-0.3, -0.25) is 0 Å². The average Bonchev–Trinajstić information content (AvgIpc) is 3.31. The Bertz CT molecular complexity index is 679. The topological polar surface area (TPSA) is 57.7 Å². The van der Waals surface area contributed by atoms with Gasteiger partial charge in [-0.2, -0.15) is 0 Å². The van der Waals surface area contributed by atoms with Crippen LogP contribution in [0.15, 0.2) is 28.9 Å². The van der Waals surface area contributed by atoms with E-state index in [-0.39, 0.29) is 6.61 Å². The maximum absolute atomic E-state index is 9.21. The molecule has 2 saturated heterocycles. The lowest BCUT2D eigenvalue weighted by Gasteiger charge is -2.41. The second kappa shape index (κ2) is 7.32. The first-order valence-electron chi connectivity index (χ1n) is 9.40. The Labute approximate surface area is 149 Å². The van der Waals surface area contributed by atoms with Crippen molar-refractivity contribution in [2.45, 2.75) is 44.4 Å². The summed E-state index contributed by atoms with van der Waals surface area (Å²) < 4.78 is 7.94. The summed E-state index contributed by atoms with van der Waals surface area (Å²) in [5, 5.41) is 9.21. The Kier molecular flexibility index (Phi) is 4.92. The van der Waals surface area contributed by atoms with Crippen molar-refractivity contribution >= 4 is 0 Å². The van der Waals surface area contributed by atoms with Gasteiger partial charge in [0.25, 0.3) is 0 Å². The van der Waals surface area contributed by atoms with Crippen molar-refractivity contribution in [1.29, 1.82) is 0 Å². The van der Waals surface area contributed by atoms with Crippen LogP contribution >= 0.6 is 0 Å². The van der Waals surface area contributed by atoms with E-state index in [4.69, 9.17) is 4.42 Å². The van der Waals surface area contributed by atoms with E-state index in [9.17, 15) is 5.11 Å². The number of piperidine rings is 2. The molecule has 0 aliphatic carbocycles. The molecule has 0 unspecified atom stereocenters. The highest BCUT2D eigenvalue weighted by atomic mass is 16.4. The lowest BCUT2D eigenvalue weighted by atomic mass is 9.98. The normalized spacial score (nSPS) is 21.8. The summed E-state index contributed by atoms with van der Waals surface area (Å²) in [7, 11) is 2.22. The number of rotatable bonds is 4. The monoisotopic (exact) mass is 344 g/mol. The molecule has 25 heavy (non-hydrogen) atoms. The van der Waals surface area contributed by atoms with Gasteiger partial charge in [0.2, 0.25) is 0 Å². The number of imidazole rings is 1. The fourth-order valence-electron chi connectivity index (χ4n) is 4.27. The standard InChI is InChI=1S/C19H28N4O2/c1-21-9-4-15(5-10-21)22-11-6-16(7-12-22)23-13-8-20-19(23)18-3-2-17(14-24)25-18/h2-3,8,13,15-16,24H,4-7,9-12,14H2,1H3. The number of hydrogen-bond acceptors (Lipinski definition) is 5. The lowest BCUT2D eigenvalue weighted by Crippen LogP contribution is -2.47. The summed E-state index contributed by atoms with van der Waals surface area (Å²) in [6, 6.07) is 4.95. The second-order valence-corrected chi connectivity index (χ2v) is 7.38. The SMILES string of the molecule is CN1CCC(N2CCC(n3ccnc3-c3ccc(CO)o3)CC2)CC1. The zero-order valence-corrected chi connectivity index (χ0v) is 15.0. The van der Waals surface area contributed by atoms with Crippen LogP contribution in [0.5, 0.6) is 0 Å². The minimum atomic E-state index is -0.0737. The van der Waals surface area contributed by atoms with E-state index in [1.807, 2.05) is 18.3 Å². The first-order chi connectivity index (χ1) is 12.2. The van der Waals surface area contributed by atoms with Gasteiger partial charge < -0.3 is 23.9 Å². The van der Waals surface area contributed by atoms with E-state index in [2.05, 4.69) is 32.6 Å². The largest absolute Gasteiger partial charge is 0.455 e. The van der Waals surface area contributed by atoms with E-state index in [1.165, 1.54) is 25.9 Å². The Morgan fingerprint density at radius 3 is 2.48 bits per heavy atom. The Morgan fingerprint density at radius 1 is 1.08 bits per heavy atom. The summed E-state index contributed by atoms with van der Waals surface area (Å²) in [5.74, 6) is 2.20. The fourth-order valence-corrected chi connectivity index (χ4v) is 4.27. The highest BCUT2D eigenvalue weighted by Gasteiger charge is 2.29. The van der Waals surface area contributed by atoms with Gasteiger partial charge in [-0.25, -0.2) is 4.98 Å². The van der Waals surface area contributed by atoms with Crippen LogP contribution in [0.3, 0.4) is 0 Å². The van der Waals surface area contributed by atoms with Crippen molar-refractivity contribution in [3.05, 3.63) is 30.3 Å². The molecule has 2 aliphatic rings. The molecule has 4 heterocycles. The first-order valence-corrected chi connectivity index (χ1v) is 9.40. The number of likely N-dealkylation sites (tertiary alicyclic amines) is 2. The molecule has 0 saturated carbocycles. The second-order valence-electron chi connectivity index (χ2n) is 7.38. The van der Waals surface area contributed by atoms with Crippen LogP contribution in [0.2, 0.25) is 0 Å². The number of aliphatic hydroxyl groups excluding tert-OH is 1. The Balaban J connectivity index is 1.41. The molecule has 2 aromatic heterocycles. The number of aliphatic hydroxyl groups is 1. The number of furan rings is 1. The van der Waals surface area contributed by atoms with Crippen molar-refractivity contribution in [1.82, 2.24) is 19.4 Å². The number of aromatic nitrogens is 2. The summed E-state index contributed by atoms with van der Waals surface area (Å²) in [6.07, 6.45) is 8.82. The molecule has 1 N–H and O–H groups in total. The highest BCUT2D eigenvalue weighted by molar-refractivity contribution is 5.48. The van der Waals surface area contributed by atoms with Crippen LogP contribution < -0.4 is 0 Å². The van der Waals surface area contributed by atoms with E-state index in [0.717, 1.165) is 43.6 Å². The highest BCUT2D eigenvalue weighted by Crippen LogP contribution is 2.31. The Morgan fingerprint density at radius 2 is 1.80 bits per heavy atom. The molecule has 0 radical (unpaired) electrons. The molecule has 2 aromatic rings. The zero-order valence-electron chi connectivity index (χ0n) is 15.0. The number of hydrogen-bond donors (Lipinski definition) is 1. The zero-order chi connectivity index (χ0) is 17.2. The minimum Gasteiger partial charge on any atom is -0.455 e. The van der Waals surface area contributed by atoms with Crippen LogP contribution in [0.4, 0.5) is 0 Å². The molecule has 6 heteroatoms. The van der Waals surface area contributed by atoms with Crippen LogP contribution in [-0.2, 0) is 6.61 Å². The Hall–Kier alpha value is -1.63. The van der Waals surface area contributed by atoms with Crippen molar-refractivity contribution in [2.75, 3.05) is 33.2 Å². The van der Waals surface area contributed by atoms with Crippen molar-refractivity contribution in [3.8, 4) is 11.6 Å². The third kappa shape index (κ3) is 3.52. The molecule has 0 spiro atoms. The van der Waals surface area contributed by atoms with E-state index >= 15 is 0 Å². The smallest absolute Gasteiger partial charge is 0.176 e. The molecule has 4 rings (SSSR count). The fraction of sp³-hybridized carbons (Fsp3) is 0.632. The third-order valence-electron chi connectivity index (χ3n) is 5.80. The van der Waals surface area contributed by atoms with Crippen LogP contribution in [0.1, 0.15) is 37.5 Å². The average molecular weight is 344 g/mol. The molecule has 0 atom stereocenters. The summed E-state index contributed by atoms with van der Waals surface area (Å²) in [6.45, 7) is 4.70. The summed E-state index contributed by atoms with van der Waals surface area (Å²) in [4.78, 5) is 9.62. The van der Waals surface area contributed by atoms with Gasteiger partial charge in [-0.05, 0) is 58.0 Å². The summed E-state index contributed by atoms with van der Waals surface area (Å²) in [5.41, 5.74) is 0. The molecule has 0 bridgehead atoms. The molecule has 2 fully saturated rings. The van der Waals surface area contributed by atoms with Gasteiger partial charge in [0.15, 0.2) is 11.6 Å². The van der Waals surface area contributed by atoms with E-state index in [0.29, 0.717) is 11.8 Å². The minimum absolute atomic E-state index is 0.0737. The molecule has 6 nitrogen and oxygen atoms in total. The third-order valence-corrected chi connectivity index (χ3v) is 5.80. The van der Waals surface area contributed by atoms with E-state index in [1.54, 1.807) is 0 Å². The molecular weight excluding hydrogens is 316 g/mol. The van der Waals surface area contributed by atoms with Gasteiger partial charge in [-0.1, -0.05) is 0 Å². The van der Waals surface area contributed by atoms with Gasteiger partial charge in [0, 0.05) is 37.6 Å². The maximum Gasteiger partial charge on any atom is 0.176 e. The van der Waals surface area contributed by atoms with Crippen molar-refractivity contribution < 1.29 is 9.52 Å². The first kappa shape index (κ1) is 16.8. The molecule has 2 aliphatic heterocycles. The summed E-state index contributed by atoms with van der Waals surface area (Å²) >= 11 is 0. The van der Waals surface area contributed by atoms with Crippen LogP contribution in [-0.4, -0.2) is 63.7 Å². The predicted octanol–water partition coefficient (Wildman–Crippen LogP) is 2.37. The van der Waals surface area contributed by atoms with Crippen LogP contribution in [0.25, 0.3) is 11.6 Å². The molecule has 0 aromatic carbocycles. The van der Waals surface area contributed by atoms with Gasteiger partial charge >= 0.3 is 0 Å². The van der Waals surface area contributed by atoms with E-state index < -0.39 is 0 Å². The molecule has 0 amide bonds. The van der Waals surface area contributed by atoms with Gasteiger partial charge in [-0.15, -0.1) is 0 Å². The number of nitrogens with zero attached hydrogens (tertiary/aromatic N) is 4. The molecule has 136 valence electrons. The van der Waals surface area contributed by atoms with Gasteiger partial charge in [0.1, 0.15) is 12.4 Å². The quantitative estimate of drug-likeness (QED) is 0.923. The van der Waals surface area contributed by atoms with Crippen molar-refractivity contribution in [3.63, 3.8) is 0 Å². The lowest BCUT2D eigenvalue weighted by molar-refractivity contribution is 0.0875.